The molecule has 0 N–H and O–H groups in total. The molecule has 15 aromatic carbocycles. The molecule has 2 aliphatic heterocycles. The summed E-state index contributed by atoms with van der Waals surface area (Å²) < 4.78 is 13.5. The fourth-order valence-electron chi connectivity index (χ4n) is 19.4. The molecule has 2 unspecified atom stereocenters. The minimum absolute atomic E-state index is 0.0280. The van der Waals surface area contributed by atoms with Crippen molar-refractivity contribution in [1.82, 2.24) is 19.9 Å². The third kappa shape index (κ3) is 8.65. The lowest BCUT2D eigenvalue weighted by atomic mass is 9.60. The zero-order valence-electron chi connectivity index (χ0n) is 58.4. The average Bonchev–Trinajstić information content (AvgIpc) is 1.46. The van der Waals surface area contributed by atoms with E-state index in [-0.39, 0.29) is 11.8 Å². The van der Waals surface area contributed by atoms with Crippen LogP contribution in [0.4, 0.5) is 0 Å². The van der Waals surface area contributed by atoms with Gasteiger partial charge in [-0.2, -0.15) is 0 Å². The molecule has 5 aliphatic carbocycles. The lowest BCUT2D eigenvalue weighted by Gasteiger charge is -2.42. The quantitative estimate of drug-likeness (QED) is 0.151. The average molecular weight is 1380 g/mol. The molecule has 2 spiro atoms. The van der Waals surface area contributed by atoms with Crippen LogP contribution in [0.2, 0.25) is 0 Å². The first-order valence-corrected chi connectivity index (χ1v) is 37.2. The highest BCUT2D eigenvalue weighted by Gasteiger charge is 2.53. The van der Waals surface area contributed by atoms with Crippen molar-refractivity contribution in [2.45, 2.75) is 22.7 Å². The van der Waals surface area contributed by atoms with Crippen LogP contribution >= 0.6 is 0 Å². The van der Waals surface area contributed by atoms with Crippen molar-refractivity contribution in [2.24, 2.45) is 0 Å². The molecule has 0 radical (unpaired) electrons. The van der Waals surface area contributed by atoms with Gasteiger partial charge in [-0.05, 0) is 161 Å². The highest BCUT2D eigenvalue weighted by Crippen LogP contribution is 2.65. The van der Waals surface area contributed by atoms with Gasteiger partial charge < -0.3 is 9.47 Å². The Labute approximate surface area is 625 Å². The fraction of sp³-hybridized carbons (Fsp3) is 0.0392. The number of ether oxygens (including phenoxy) is 2. The van der Waals surface area contributed by atoms with E-state index in [1.54, 1.807) is 0 Å². The van der Waals surface area contributed by atoms with E-state index in [1.807, 2.05) is 0 Å². The minimum atomic E-state index is -0.609. The number of aromatic nitrogens is 4. The summed E-state index contributed by atoms with van der Waals surface area (Å²) in [5.74, 6) is 4.77. The highest BCUT2D eigenvalue weighted by atomic mass is 16.5. The van der Waals surface area contributed by atoms with E-state index in [1.165, 1.54) is 77.9 Å². The van der Waals surface area contributed by atoms with Gasteiger partial charge in [-0.3, -0.25) is 0 Å². The molecule has 2 bridgehead atoms. The van der Waals surface area contributed by atoms with Gasteiger partial charge in [0.25, 0.3) is 0 Å². The Hall–Kier alpha value is -13.9. The predicted octanol–water partition coefficient (Wildman–Crippen LogP) is 24.5. The van der Waals surface area contributed by atoms with Gasteiger partial charge in [0.05, 0.1) is 33.6 Å². The Morgan fingerprint density at radius 2 is 0.481 bits per heavy atom. The zero-order chi connectivity index (χ0) is 70.8. The largest absolute Gasteiger partial charge is 0.457 e. The minimum Gasteiger partial charge on any atom is -0.457 e. The molecule has 0 saturated heterocycles. The van der Waals surface area contributed by atoms with Gasteiger partial charge in [0, 0.05) is 67.5 Å². The van der Waals surface area contributed by atoms with Gasteiger partial charge in [0.2, 0.25) is 0 Å². The maximum absolute atomic E-state index is 6.74. The van der Waals surface area contributed by atoms with Crippen LogP contribution in [0.25, 0.3) is 112 Å². The number of nitrogens with zero attached hydrogens (tertiary/aromatic N) is 4. The summed E-state index contributed by atoms with van der Waals surface area (Å²) in [6.45, 7) is 0. The molecule has 2 atom stereocenters. The van der Waals surface area contributed by atoms with Crippen molar-refractivity contribution < 1.29 is 9.47 Å². The first-order valence-electron chi connectivity index (χ1n) is 37.2. The van der Waals surface area contributed by atoms with Crippen LogP contribution in [0.5, 0.6) is 23.0 Å². The molecule has 0 saturated carbocycles. The molecular weight excluding hydrogens is 1310 g/mol. The molecule has 6 heteroatoms. The first-order chi connectivity index (χ1) is 53.5. The van der Waals surface area contributed by atoms with Crippen LogP contribution in [-0.4, -0.2) is 19.9 Å². The SMILES string of the molecule is c1ccc(-c2nc(-c3ccc4c(c3)C3c5ccccc5C4c4cc(-c5cc(-c6ccccc6-c6ccc7c(c6)C6(c8ccccc8Oc8ccccc86)c6ccccc6-7)nc(-c6ccccc6)n5)ccc43)cc(-c3ccccc3-c3ccc4c(c3)C3(c5ccccc5Oc5ccccc53)c3ccccc3-4)n2)cc1. The van der Waals surface area contributed by atoms with E-state index in [2.05, 4.69) is 364 Å². The number of fused-ring (bicyclic) bond motifs is 18. The standard InChI is InChI=1S/C102H62N4O2/c1-3-25-61(26-4-1)99-103-89(59-91(105-99)73-33-9-7-29-67(73)63-47-51-71-69-31-13-15-37-81(69)101(87(71)57-63)83-39-17-21-43-93(83)107-94-44-22-18-40-84(94)101)65-49-53-77-79(55-65)97-75-35-11-12-36-76(75)98(77)80-56-66(50-54-78(80)97)90-60-92(106-100(104-90)62-27-5-2-6-28-62)74-34-10-8-30-68(74)64-48-52-72-70-32-14-16-38-82(70)102(88(72)58-64)85-41-19-23-45-95(85)108-96-46-24-20-42-86(96)102/h1-60,97-98H. The zero-order valence-corrected chi connectivity index (χ0v) is 58.4. The molecule has 24 rings (SSSR count). The summed E-state index contributed by atoms with van der Waals surface area (Å²) in [4.78, 5) is 22.1. The van der Waals surface area contributed by atoms with Gasteiger partial charge in [0.15, 0.2) is 11.6 Å². The Balaban J connectivity index is 0.637. The third-order valence-corrected chi connectivity index (χ3v) is 23.9. The molecule has 4 heterocycles. The van der Waals surface area contributed by atoms with E-state index in [9.17, 15) is 0 Å². The number of para-hydroxylation sites is 4. The van der Waals surface area contributed by atoms with Gasteiger partial charge >= 0.3 is 0 Å². The number of rotatable bonds is 8. The highest BCUT2D eigenvalue weighted by molar-refractivity contribution is 5.95. The third-order valence-electron chi connectivity index (χ3n) is 23.9. The Morgan fingerprint density at radius 1 is 0.185 bits per heavy atom. The maximum atomic E-state index is 6.74. The van der Waals surface area contributed by atoms with Crippen LogP contribution in [-0.2, 0) is 10.8 Å². The molecule has 2 aromatic heterocycles. The summed E-state index contributed by atoms with van der Waals surface area (Å²) in [7, 11) is 0. The van der Waals surface area contributed by atoms with Crippen molar-refractivity contribution in [3.8, 4) is 135 Å². The fourth-order valence-corrected chi connectivity index (χ4v) is 19.4. The lowest BCUT2D eigenvalue weighted by Crippen LogP contribution is -2.32. The van der Waals surface area contributed by atoms with Gasteiger partial charge in [-0.1, -0.05) is 303 Å². The van der Waals surface area contributed by atoms with E-state index in [0.29, 0.717) is 11.6 Å². The Kier molecular flexibility index (Phi) is 13.0. The maximum Gasteiger partial charge on any atom is 0.160 e. The molecule has 108 heavy (non-hydrogen) atoms. The van der Waals surface area contributed by atoms with E-state index < -0.39 is 10.8 Å². The van der Waals surface area contributed by atoms with Gasteiger partial charge in [0.1, 0.15) is 23.0 Å². The van der Waals surface area contributed by atoms with Crippen LogP contribution in [0, 0.1) is 0 Å². The van der Waals surface area contributed by atoms with E-state index in [0.717, 1.165) is 124 Å². The lowest BCUT2D eigenvalue weighted by molar-refractivity contribution is 0.436. The van der Waals surface area contributed by atoms with E-state index >= 15 is 0 Å². The first kappa shape index (κ1) is 60.5. The van der Waals surface area contributed by atoms with Crippen LogP contribution in [0.3, 0.4) is 0 Å². The topological polar surface area (TPSA) is 70.0 Å². The molecule has 7 aliphatic rings. The number of hydrogen-bond donors (Lipinski definition) is 0. The molecule has 6 nitrogen and oxygen atoms in total. The van der Waals surface area contributed by atoms with Crippen molar-refractivity contribution in [3.05, 3.63) is 442 Å². The van der Waals surface area contributed by atoms with Crippen molar-refractivity contribution in [1.29, 1.82) is 0 Å². The van der Waals surface area contributed by atoms with Crippen molar-refractivity contribution in [3.63, 3.8) is 0 Å². The molecule has 502 valence electrons. The predicted molar refractivity (Wildman–Crippen MR) is 431 cm³/mol. The summed E-state index contributed by atoms with van der Waals surface area (Å²) >= 11 is 0. The second kappa shape index (κ2) is 23.3. The molecule has 0 fully saturated rings. The molecule has 17 aromatic rings. The molecular formula is C102H62N4O2. The smallest absolute Gasteiger partial charge is 0.160 e. The summed E-state index contributed by atoms with van der Waals surface area (Å²) in [5, 5.41) is 0. The number of benzene rings is 15. The van der Waals surface area contributed by atoms with Gasteiger partial charge in [-0.15, -0.1) is 0 Å². The monoisotopic (exact) mass is 1370 g/mol. The van der Waals surface area contributed by atoms with E-state index in [4.69, 9.17) is 29.4 Å². The van der Waals surface area contributed by atoms with Crippen LogP contribution in [0.1, 0.15) is 89.7 Å². The second-order valence-corrected chi connectivity index (χ2v) is 29.2. The second-order valence-electron chi connectivity index (χ2n) is 29.2. The van der Waals surface area contributed by atoms with Crippen LogP contribution in [0.15, 0.2) is 364 Å². The Morgan fingerprint density at radius 3 is 0.880 bits per heavy atom. The normalized spacial score (nSPS) is 15.1. The summed E-state index contributed by atoms with van der Waals surface area (Å²) in [6.07, 6.45) is 0. The van der Waals surface area contributed by atoms with Crippen molar-refractivity contribution in [2.75, 3.05) is 0 Å². The van der Waals surface area contributed by atoms with Crippen molar-refractivity contribution >= 4 is 0 Å². The molecule has 0 amide bonds. The number of hydrogen-bond acceptors (Lipinski definition) is 6. The summed E-state index contributed by atoms with van der Waals surface area (Å²) in [6, 6.07) is 132. The van der Waals surface area contributed by atoms with Gasteiger partial charge in [-0.25, -0.2) is 19.9 Å². The van der Waals surface area contributed by atoms with Crippen LogP contribution < -0.4 is 9.47 Å². The Bertz CT molecular complexity index is 6180. The summed E-state index contributed by atoms with van der Waals surface area (Å²) in [5.41, 5.74) is 34.9.